The van der Waals surface area contributed by atoms with Gasteiger partial charge in [-0.25, -0.2) is 0 Å². The number of hydrogen-bond acceptors (Lipinski definition) is 4. The molecule has 0 fully saturated rings. The van der Waals surface area contributed by atoms with Gasteiger partial charge in [-0.2, -0.15) is 0 Å². The highest BCUT2D eigenvalue weighted by atomic mass is 35.5. The van der Waals surface area contributed by atoms with Crippen LogP contribution in [0.3, 0.4) is 0 Å². The number of rotatable bonds is 3. The zero-order chi connectivity index (χ0) is 18.1. The molecule has 0 aromatic heterocycles. The second-order valence-corrected chi connectivity index (χ2v) is 5.03. The molecule has 8 heteroatoms. The highest BCUT2D eigenvalue weighted by Crippen LogP contribution is 2.22. The summed E-state index contributed by atoms with van der Waals surface area (Å²) in [7, 11) is 0. The highest BCUT2D eigenvalue weighted by molar-refractivity contribution is 6.31. The Morgan fingerprint density at radius 1 is 1.08 bits per heavy atom. The number of aliphatic carboxylic acids is 1. The van der Waals surface area contributed by atoms with E-state index in [2.05, 4.69) is 10.2 Å². The van der Waals surface area contributed by atoms with Gasteiger partial charge in [-0.15, -0.1) is 10.2 Å². The normalized spacial score (nSPS) is 10.3. The van der Waals surface area contributed by atoms with Crippen LogP contribution in [0.15, 0.2) is 58.7 Å². The van der Waals surface area contributed by atoms with Gasteiger partial charge >= 0.3 is 0 Å². The molecule has 24 heavy (non-hydrogen) atoms. The number of nitrogens with two attached hydrogens (primary N) is 3. The van der Waals surface area contributed by atoms with Crippen molar-refractivity contribution in [2.45, 2.75) is 6.92 Å². The van der Waals surface area contributed by atoms with Crippen LogP contribution < -0.4 is 17.2 Å². The molecule has 0 amide bonds. The number of carboxylic acid groups (broad SMARTS) is 1. The predicted octanol–water partition coefficient (Wildman–Crippen LogP) is 2.04. The maximum atomic E-state index is 9.00. The lowest BCUT2D eigenvalue weighted by molar-refractivity contribution is -0.134. The number of anilines is 1. The molecule has 2 rings (SSSR count). The number of halogens is 1. The maximum Gasteiger partial charge on any atom is 0.300 e. The smallest absolute Gasteiger partial charge is 0.300 e. The van der Waals surface area contributed by atoms with E-state index in [0.717, 1.165) is 12.5 Å². The second kappa shape index (κ2) is 9.16. The van der Waals surface area contributed by atoms with E-state index in [-0.39, 0.29) is 5.96 Å². The summed E-state index contributed by atoms with van der Waals surface area (Å²) in [4.78, 5) is 9.00. The Labute approximate surface area is 144 Å². The first kappa shape index (κ1) is 19.0. The topological polar surface area (TPSA) is 140 Å². The van der Waals surface area contributed by atoms with Crippen molar-refractivity contribution < 1.29 is 9.90 Å². The lowest BCUT2D eigenvalue weighted by atomic mass is 10.0. The van der Waals surface area contributed by atoms with Crippen molar-refractivity contribution in [3.8, 4) is 0 Å². The van der Waals surface area contributed by atoms with E-state index >= 15 is 0 Å². The Morgan fingerprint density at radius 3 is 2.21 bits per heavy atom. The zero-order valence-corrected chi connectivity index (χ0v) is 13.7. The quantitative estimate of drug-likeness (QED) is 0.291. The summed E-state index contributed by atoms with van der Waals surface area (Å²) >= 11 is 6.02. The van der Waals surface area contributed by atoms with Crippen LogP contribution in [0.1, 0.15) is 18.1 Å². The zero-order valence-electron chi connectivity index (χ0n) is 13.0. The van der Waals surface area contributed by atoms with Crippen LogP contribution in [0.2, 0.25) is 5.02 Å². The fraction of sp³-hybridized carbons (Fsp3) is 0.0625. The van der Waals surface area contributed by atoms with Crippen molar-refractivity contribution in [3.63, 3.8) is 0 Å². The minimum absolute atomic E-state index is 0.126. The van der Waals surface area contributed by atoms with Gasteiger partial charge in [0, 0.05) is 28.8 Å². The molecule has 0 saturated heterocycles. The van der Waals surface area contributed by atoms with E-state index in [1.807, 2.05) is 30.3 Å². The number of guanidine groups is 1. The summed E-state index contributed by atoms with van der Waals surface area (Å²) in [6.07, 6.45) is 0. The van der Waals surface area contributed by atoms with E-state index in [9.17, 15) is 0 Å². The molecule has 0 aliphatic carbocycles. The molecular weight excluding hydrogens is 330 g/mol. The van der Waals surface area contributed by atoms with E-state index in [4.69, 9.17) is 38.7 Å². The largest absolute Gasteiger partial charge is 0.481 e. The van der Waals surface area contributed by atoms with Crippen LogP contribution in [0.25, 0.3) is 0 Å². The predicted molar refractivity (Wildman–Crippen MR) is 97.1 cm³/mol. The summed E-state index contributed by atoms with van der Waals surface area (Å²) in [5, 5.41) is 15.8. The van der Waals surface area contributed by atoms with Gasteiger partial charge in [-0.3, -0.25) is 4.79 Å². The van der Waals surface area contributed by atoms with Gasteiger partial charge in [0.25, 0.3) is 5.97 Å². The molecule has 7 N–H and O–H groups in total. The Hall–Kier alpha value is -3.06. The van der Waals surface area contributed by atoms with E-state index in [1.54, 1.807) is 18.2 Å². The standard InChI is InChI=1S/C14H14ClN5.C2H4O2/c15-10-6-7-12(16)11(8-10)13(19-20-14(17)18)9-4-2-1-3-5-9;1-2(3)4/h1-8H,16H2,(H4,17,18,20);1H3,(H,3,4). The van der Waals surface area contributed by atoms with Crippen molar-refractivity contribution >= 4 is 34.9 Å². The molecule has 7 nitrogen and oxygen atoms in total. The van der Waals surface area contributed by atoms with Crippen LogP contribution in [-0.2, 0) is 4.79 Å². The third-order valence-corrected chi connectivity index (χ3v) is 2.82. The summed E-state index contributed by atoms with van der Waals surface area (Å²) in [5.74, 6) is -0.959. The first-order valence-electron chi connectivity index (χ1n) is 6.78. The summed E-state index contributed by atoms with van der Waals surface area (Å²) in [5.41, 5.74) is 19.3. The summed E-state index contributed by atoms with van der Waals surface area (Å²) in [6.45, 7) is 1.08. The average Bonchev–Trinajstić information content (AvgIpc) is 2.51. The number of nitrogens with zero attached hydrogens (tertiary/aromatic N) is 2. The van der Waals surface area contributed by atoms with Gasteiger partial charge in [-0.1, -0.05) is 41.9 Å². The van der Waals surface area contributed by atoms with Crippen molar-refractivity contribution in [3.05, 3.63) is 64.7 Å². The lowest BCUT2D eigenvalue weighted by Crippen LogP contribution is -2.22. The van der Waals surface area contributed by atoms with Gasteiger partial charge in [0.15, 0.2) is 0 Å². The minimum Gasteiger partial charge on any atom is -0.481 e. The van der Waals surface area contributed by atoms with Gasteiger partial charge in [0.1, 0.15) is 5.71 Å². The van der Waals surface area contributed by atoms with Crippen LogP contribution in [0, 0.1) is 0 Å². The molecule has 0 saturated carbocycles. The Balaban J connectivity index is 0.000000648. The number of nitrogen functional groups attached to an aromatic ring is 1. The Bertz CT molecular complexity index is 752. The third kappa shape index (κ3) is 6.37. The summed E-state index contributed by atoms with van der Waals surface area (Å²) in [6, 6.07) is 14.6. The molecule has 126 valence electrons. The molecular formula is C16H18ClN5O2. The number of carbonyl (C=O) groups is 1. The highest BCUT2D eigenvalue weighted by Gasteiger charge is 2.11. The number of carboxylic acids is 1. The molecule has 0 aliphatic heterocycles. The molecule has 2 aromatic rings. The minimum atomic E-state index is -0.833. The molecule has 2 aromatic carbocycles. The molecule has 0 radical (unpaired) electrons. The van der Waals surface area contributed by atoms with E-state index in [0.29, 0.717) is 22.0 Å². The Morgan fingerprint density at radius 2 is 1.67 bits per heavy atom. The number of hydrogen-bond donors (Lipinski definition) is 4. The SMILES string of the molecule is CC(=O)O.NC(N)=NN=C(c1ccccc1)c1cc(Cl)ccc1N. The monoisotopic (exact) mass is 347 g/mol. The van der Waals surface area contributed by atoms with Gasteiger partial charge in [0.2, 0.25) is 5.96 Å². The fourth-order valence-electron chi connectivity index (χ4n) is 1.70. The molecule has 0 aliphatic rings. The van der Waals surface area contributed by atoms with Gasteiger partial charge < -0.3 is 22.3 Å². The first-order chi connectivity index (χ1) is 11.3. The van der Waals surface area contributed by atoms with Crippen LogP contribution in [0.4, 0.5) is 5.69 Å². The molecule has 0 unspecified atom stereocenters. The number of benzene rings is 2. The second-order valence-electron chi connectivity index (χ2n) is 4.59. The lowest BCUT2D eigenvalue weighted by Gasteiger charge is -2.09. The van der Waals surface area contributed by atoms with Crippen LogP contribution in [-0.4, -0.2) is 22.7 Å². The molecule has 0 heterocycles. The van der Waals surface area contributed by atoms with E-state index < -0.39 is 5.97 Å². The fourth-order valence-corrected chi connectivity index (χ4v) is 1.88. The first-order valence-corrected chi connectivity index (χ1v) is 7.16. The molecule has 0 spiro atoms. The Kier molecular flexibility index (Phi) is 7.25. The van der Waals surface area contributed by atoms with E-state index in [1.165, 1.54) is 0 Å². The maximum absolute atomic E-state index is 9.00. The molecule has 0 atom stereocenters. The molecule has 0 bridgehead atoms. The van der Waals surface area contributed by atoms with Crippen molar-refractivity contribution in [1.82, 2.24) is 0 Å². The van der Waals surface area contributed by atoms with Crippen molar-refractivity contribution in [1.29, 1.82) is 0 Å². The summed E-state index contributed by atoms with van der Waals surface area (Å²) < 4.78 is 0. The third-order valence-electron chi connectivity index (χ3n) is 2.58. The van der Waals surface area contributed by atoms with Gasteiger partial charge in [0.05, 0.1) is 0 Å². The van der Waals surface area contributed by atoms with Crippen LogP contribution in [0.5, 0.6) is 0 Å². The van der Waals surface area contributed by atoms with Crippen molar-refractivity contribution in [2.75, 3.05) is 5.73 Å². The average molecular weight is 348 g/mol. The van der Waals surface area contributed by atoms with Crippen LogP contribution >= 0.6 is 11.6 Å². The van der Waals surface area contributed by atoms with Gasteiger partial charge in [-0.05, 0) is 18.2 Å². The van der Waals surface area contributed by atoms with Crippen molar-refractivity contribution in [2.24, 2.45) is 21.7 Å².